The number of carbonyl (C=O) groups excluding carboxylic acids is 1. The van der Waals surface area contributed by atoms with Gasteiger partial charge in [-0.05, 0) is 60.0 Å². The molecule has 3 heterocycles. The molecule has 0 aliphatic heterocycles. The smallest absolute Gasteiger partial charge is 0.270 e. The summed E-state index contributed by atoms with van der Waals surface area (Å²) in [6, 6.07) is 11.4. The number of fused-ring (bicyclic) bond motifs is 1. The number of pyridine rings is 3. The molecule has 0 aliphatic rings. The first-order chi connectivity index (χ1) is 14.6. The van der Waals surface area contributed by atoms with E-state index < -0.39 is 11.9 Å². The van der Waals surface area contributed by atoms with Crippen LogP contribution in [0, 0.1) is 5.82 Å². The number of amides is 1. The summed E-state index contributed by atoms with van der Waals surface area (Å²) < 4.78 is 19.0. The molecule has 1 aromatic carbocycles. The van der Waals surface area contributed by atoms with Gasteiger partial charge in [0.1, 0.15) is 5.69 Å². The predicted molar refractivity (Wildman–Crippen MR) is 112 cm³/mol. The highest BCUT2D eigenvalue weighted by atomic mass is 19.1. The molecule has 30 heavy (non-hydrogen) atoms. The van der Waals surface area contributed by atoms with Crippen LogP contribution in [0.15, 0.2) is 67.3 Å². The van der Waals surface area contributed by atoms with Gasteiger partial charge in [-0.25, -0.2) is 9.37 Å². The Kier molecular flexibility index (Phi) is 5.34. The minimum Gasteiger partial charge on any atom is -0.494 e. The molecule has 1 amide bonds. The highest BCUT2D eigenvalue weighted by Gasteiger charge is 2.17. The number of hydrogen-bond acceptors (Lipinski definition) is 5. The molecule has 1 atom stereocenters. The van der Waals surface area contributed by atoms with Crippen LogP contribution >= 0.6 is 0 Å². The van der Waals surface area contributed by atoms with E-state index in [1.54, 1.807) is 49.9 Å². The van der Waals surface area contributed by atoms with E-state index in [0.29, 0.717) is 11.1 Å². The van der Waals surface area contributed by atoms with E-state index in [1.165, 1.54) is 19.2 Å². The molecule has 0 radical (unpaired) electrons. The Morgan fingerprint density at radius 1 is 1.07 bits per heavy atom. The molecule has 0 aliphatic carbocycles. The van der Waals surface area contributed by atoms with Crippen molar-refractivity contribution in [1.82, 2.24) is 20.3 Å². The molecule has 4 rings (SSSR count). The number of ether oxygens (including phenoxy) is 1. The van der Waals surface area contributed by atoms with Crippen molar-refractivity contribution in [1.29, 1.82) is 0 Å². The second-order valence-corrected chi connectivity index (χ2v) is 6.77. The van der Waals surface area contributed by atoms with Gasteiger partial charge in [-0.3, -0.25) is 14.8 Å². The van der Waals surface area contributed by atoms with Gasteiger partial charge in [0, 0.05) is 30.2 Å². The number of benzene rings is 1. The van der Waals surface area contributed by atoms with Crippen molar-refractivity contribution in [2.45, 2.75) is 13.0 Å². The molecule has 6 nitrogen and oxygen atoms in total. The molecule has 0 bridgehead atoms. The van der Waals surface area contributed by atoms with Gasteiger partial charge >= 0.3 is 0 Å². The molecule has 150 valence electrons. The molecule has 4 aromatic rings. The molecule has 1 N–H and O–H groups in total. The summed E-state index contributed by atoms with van der Waals surface area (Å²) in [5.41, 5.74) is 3.29. The summed E-state index contributed by atoms with van der Waals surface area (Å²) in [6.45, 7) is 1.79. The van der Waals surface area contributed by atoms with Gasteiger partial charge in [-0.1, -0.05) is 6.07 Å². The van der Waals surface area contributed by atoms with Crippen molar-refractivity contribution in [3.63, 3.8) is 0 Å². The van der Waals surface area contributed by atoms with Gasteiger partial charge in [0.15, 0.2) is 11.6 Å². The Bertz CT molecular complexity index is 1210. The first-order valence-electron chi connectivity index (χ1n) is 9.36. The van der Waals surface area contributed by atoms with E-state index in [1.807, 2.05) is 12.1 Å². The molecule has 7 heteroatoms. The zero-order valence-corrected chi connectivity index (χ0v) is 16.5. The molecule has 0 saturated heterocycles. The fourth-order valence-corrected chi connectivity index (χ4v) is 3.26. The summed E-state index contributed by atoms with van der Waals surface area (Å²) in [6.07, 6.45) is 6.74. The summed E-state index contributed by atoms with van der Waals surface area (Å²) in [7, 11) is 1.41. The average molecular weight is 402 g/mol. The minimum atomic E-state index is -0.479. The second-order valence-electron chi connectivity index (χ2n) is 6.77. The quantitative estimate of drug-likeness (QED) is 0.538. The number of hydrogen-bond donors (Lipinski definition) is 1. The van der Waals surface area contributed by atoms with Crippen LogP contribution < -0.4 is 10.1 Å². The predicted octanol–water partition coefficient (Wildman–Crippen LogP) is 4.33. The van der Waals surface area contributed by atoms with E-state index in [9.17, 15) is 9.18 Å². The standard InChI is InChI=1S/C23H19FN4O2/c1-14(16-3-4-22(30-2)19(24)11-16)27-23(29)21-12-17(15-5-8-25-9-6-15)18-13-26-10-7-20(18)28-21/h3-14H,1-2H3,(H,27,29). The third-order valence-corrected chi connectivity index (χ3v) is 4.86. The topological polar surface area (TPSA) is 77.0 Å². The lowest BCUT2D eigenvalue weighted by Crippen LogP contribution is -2.27. The Labute approximate surface area is 172 Å². The number of halogens is 1. The van der Waals surface area contributed by atoms with Gasteiger partial charge in [-0.15, -0.1) is 0 Å². The Balaban J connectivity index is 1.67. The van der Waals surface area contributed by atoms with Crippen molar-refractivity contribution >= 4 is 16.8 Å². The summed E-state index contributed by atoms with van der Waals surface area (Å²) in [5, 5.41) is 3.72. The molecule has 3 aromatic heterocycles. The third-order valence-electron chi connectivity index (χ3n) is 4.86. The third kappa shape index (κ3) is 3.82. The van der Waals surface area contributed by atoms with Crippen molar-refractivity contribution < 1.29 is 13.9 Å². The number of rotatable bonds is 5. The van der Waals surface area contributed by atoms with E-state index in [4.69, 9.17) is 4.74 Å². The fraction of sp³-hybridized carbons (Fsp3) is 0.130. The first kappa shape index (κ1) is 19.4. The number of nitrogens with zero attached hydrogens (tertiary/aromatic N) is 3. The molecule has 0 saturated carbocycles. The number of nitrogens with one attached hydrogen (secondary N) is 1. The normalized spacial score (nSPS) is 11.8. The number of carbonyl (C=O) groups is 1. The van der Waals surface area contributed by atoms with Gasteiger partial charge in [-0.2, -0.15) is 0 Å². The van der Waals surface area contributed by atoms with Crippen LogP contribution in [0.2, 0.25) is 0 Å². The lowest BCUT2D eigenvalue weighted by atomic mass is 10.0. The zero-order valence-electron chi connectivity index (χ0n) is 16.5. The second kappa shape index (κ2) is 8.24. The van der Waals surface area contributed by atoms with E-state index in [-0.39, 0.29) is 17.4 Å². The van der Waals surface area contributed by atoms with Crippen LogP contribution in [0.25, 0.3) is 22.0 Å². The van der Waals surface area contributed by atoms with Gasteiger partial charge in [0.25, 0.3) is 5.91 Å². The summed E-state index contributed by atoms with van der Waals surface area (Å²) in [5.74, 6) is -0.677. The first-order valence-corrected chi connectivity index (χ1v) is 9.36. The van der Waals surface area contributed by atoms with Gasteiger partial charge in [0.05, 0.1) is 18.7 Å². The number of methoxy groups -OCH3 is 1. The van der Waals surface area contributed by atoms with Crippen molar-refractivity contribution in [3.05, 3.63) is 84.3 Å². The largest absolute Gasteiger partial charge is 0.494 e. The SMILES string of the molecule is COc1ccc(C(C)NC(=O)c2cc(-c3ccncc3)c3cnccc3n2)cc1F. The van der Waals surface area contributed by atoms with Crippen LogP contribution in [0.4, 0.5) is 4.39 Å². The van der Waals surface area contributed by atoms with Crippen LogP contribution in [-0.4, -0.2) is 28.0 Å². The lowest BCUT2D eigenvalue weighted by molar-refractivity contribution is 0.0935. The van der Waals surface area contributed by atoms with Crippen molar-refractivity contribution in [2.75, 3.05) is 7.11 Å². The Morgan fingerprint density at radius 3 is 2.57 bits per heavy atom. The van der Waals surface area contributed by atoms with Gasteiger partial charge < -0.3 is 10.1 Å². The molecule has 1 unspecified atom stereocenters. The van der Waals surface area contributed by atoms with E-state index in [0.717, 1.165) is 16.5 Å². The van der Waals surface area contributed by atoms with E-state index in [2.05, 4.69) is 20.3 Å². The summed E-state index contributed by atoms with van der Waals surface area (Å²) >= 11 is 0. The van der Waals surface area contributed by atoms with Crippen LogP contribution in [0.1, 0.15) is 29.0 Å². The highest BCUT2D eigenvalue weighted by molar-refractivity contribution is 6.01. The fourth-order valence-electron chi connectivity index (χ4n) is 3.26. The average Bonchev–Trinajstić information content (AvgIpc) is 2.78. The monoisotopic (exact) mass is 402 g/mol. The Morgan fingerprint density at radius 2 is 1.83 bits per heavy atom. The van der Waals surface area contributed by atoms with Crippen molar-refractivity contribution in [2.24, 2.45) is 0 Å². The molecule has 0 spiro atoms. The van der Waals surface area contributed by atoms with Crippen molar-refractivity contribution in [3.8, 4) is 16.9 Å². The maximum absolute atomic E-state index is 14.0. The van der Waals surface area contributed by atoms with Crippen LogP contribution in [0.3, 0.4) is 0 Å². The van der Waals surface area contributed by atoms with Crippen LogP contribution in [0.5, 0.6) is 5.75 Å². The molecular formula is C23H19FN4O2. The van der Waals surface area contributed by atoms with E-state index >= 15 is 0 Å². The zero-order chi connectivity index (χ0) is 21.1. The maximum Gasteiger partial charge on any atom is 0.270 e. The van der Waals surface area contributed by atoms with Gasteiger partial charge in [0.2, 0.25) is 0 Å². The lowest BCUT2D eigenvalue weighted by Gasteiger charge is -2.16. The number of aromatic nitrogens is 3. The highest BCUT2D eigenvalue weighted by Crippen LogP contribution is 2.28. The summed E-state index contributed by atoms with van der Waals surface area (Å²) in [4.78, 5) is 25.7. The molecular weight excluding hydrogens is 383 g/mol. The minimum absolute atomic E-state index is 0.157. The van der Waals surface area contributed by atoms with Crippen LogP contribution in [-0.2, 0) is 0 Å². The molecule has 0 fully saturated rings. The maximum atomic E-state index is 14.0. The Hall–Kier alpha value is -3.87.